The van der Waals surface area contributed by atoms with Gasteiger partial charge in [-0.15, -0.1) is 0 Å². The minimum absolute atomic E-state index is 0.0457. The van der Waals surface area contributed by atoms with Gasteiger partial charge in [0.05, 0.1) is 6.04 Å². The van der Waals surface area contributed by atoms with E-state index in [-0.39, 0.29) is 24.3 Å². The fraction of sp³-hybridized carbons (Fsp3) is 0.750. The molecule has 2 aliphatic heterocycles. The first-order chi connectivity index (χ1) is 6.52. The smallest absolute Gasteiger partial charge is 0.321 e. The summed E-state index contributed by atoms with van der Waals surface area (Å²) in [5.41, 5.74) is 0. The molecule has 2 rings (SSSR count). The van der Waals surface area contributed by atoms with Gasteiger partial charge in [-0.1, -0.05) is 0 Å². The van der Waals surface area contributed by atoms with Gasteiger partial charge in [-0.05, 0) is 0 Å². The molecule has 0 saturated carbocycles. The maximum atomic E-state index is 11.6. The minimum Gasteiger partial charge on any atom is -0.326 e. The van der Waals surface area contributed by atoms with Gasteiger partial charge in [-0.2, -0.15) is 0 Å². The van der Waals surface area contributed by atoms with Crippen LogP contribution in [0.4, 0.5) is 9.59 Å². The van der Waals surface area contributed by atoms with E-state index in [4.69, 9.17) is 0 Å². The molecule has 78 valence electrons. The van der Waals surface area contributed by atoms with Gasteiger partial charge in [0.15, 0.2) is 0 Å². The molecule has 2 atom stereocenters. The molecule has 2 unspecified atom stereocenters. The second kappa shape index (κ2) is 2.76. The second-order valence-corrected chi connectivity index (χ2v) is 3.85. The first kappa shape index (κ1) is 9.11. The standard InChI is InChI=1S/C8H14N4O2/c1-10-4-5-6(9-7(10)13)12(3)8(14)11(5)2/h5-6H,4H2,1-3H3,(H,9,13). The molecule has 1 N–H and O–H groups in total. The van der Waals surface area contributed by atoms with Gasteiger partial charge in [0, 0.05) is 27.7 Å². The highest BCUT2D eigenvalue weighted by atomic mass is 16.2. The highest BCUT2D eigenvalue weighted by molar-refractivity contribution is 5.81. The van der Waals surface area contributed by atoms with Crippen LogP contribution in [0.5, 0.6) is 0 Å². The molecule has 14 heavy (non-hydrogen) atoms. The van der Waals surface area contributed by atoms with Crippen LogP contribution in [0, 0.1) is 0 Å². The van der Waals surface area contributed by atoms with E-state index in [0.29, 0.717) is 6.54 Å². The molecule has 0 radical (unpaired) electrons. The number of fused-ring (bicyclic) bond motifs is 1. The quantitative estimate of drug-likeness (QED) is 0.561. The summed E-state index contributed by atoms with van der Waals surface area (Å²) in [5, 5.41) is 2.79. The lowest BCUT2D eigenvalue weighted by atomic mass is 10.2. The molecule has 2 fully saturated rings. The summed E-state index contributed by atoms with van der Waals surface area (Å²) < 4.78 is 0. The van der Waals surface area contributed by atoms with E-state index in [9.17, 15) is 9.59 Å². The molecule has 0 aromatic rings. The topological polar surface area (TPSA) is 55.9 Å². The highest BCUT2D eigenvalue weighted by Crippen LogP contribution is 2.21. The number of hydrogen-bond donors (Lipinski definition) is 1. The number of hydrogen-bond acceptors (Lipinski definition) is 2. The lowest BCUT2D eigenvalue weighted by molar-refractivity contribution is 0.141. The molecule has 2 saturated heterocycles. The van der Waals surface area contributed by atoms with Crippen LogP contribution in [0.25, 0.3) is 0 Å². The Balaban J connectivity index is 2.23. The Bertz CT molecular complexity index is 293. The van der Waals surface area contributed by atoms with Crippen LogP contribution in [-0.2, 0) is 0 Å². The van der Waals surface area contributed by atoms with E-state index >= 15 is 0 Å². The zero-order valence-electron chi connectivity index (χ0n) is 8.52. The Hall–Kier alpha value is -1.46. The van der Waals surface area contributed by atoms with E-state index < -0.39 is 0 Å². The predicted octanol–water partition coefficient (Wildman–Crippen LogP) is -0.667. The first-order valence-electron chi connectivity index (χ1n) is 4.53. The molecule has 0 aliphatic carbocycles. The summed E-state index contributed by atoms with van der Waals surface area (Å²) in [4.78, 5) is 27.7. The maximum Gasteiger partial charge on any atom is 0.321 e. The van der Waals surface area contributed by atoms with Crippen molar-refractivity contribution in [1.82, 2.24) is 20.0 Å². The fourth-order valence-electron chi connectivity index (χ4n) is 2.00. The van der Waals surface area contributed by atoms with Crippen molar-refractivity contribution < 1.29 is 9.59 Å². The van der Waals surface area contributed by atoms with Gasteiger partial charge in [0.25, 0.3) is 0 Å². The minimum atomic E-state index is -0.184. The average Bonchev–Trinajstić information content (AvgIpc) is 2.34. The lowest BCUT2D eigenvalue weighted by Crippen LogP contribution is -2.61. The van der Waals surface area contributed by atoms with Crippen molar-refractivity contribution in [3.63, 3.8) is 0 Å². The normalized spacial score (nSPS) is 32.1. The van der Waals surface area contributed by atoms with Crippen LogP contribution in [-0.4, -0.2) is 66.7 Å². The third-order valence-corrected chi connectivity index (χ3v) is 2.96. The van der Waals surface area contributed by atoms with Gasteiger partial charge < -0.3 is 20.0 Å². The molecule has 0 aromatic carbocycles. The average molecular weight is 198 g/mol. The number of amides is 4. The van der Waals surface area contributed by atoms with Crippen molar-refractivity contribution in [2.75, 3.05) is 27.7 Å². The summed E-state index contributed by atoms with van der Waals surface area (Å²) >= 11 is 0. The Kier molecular flexibility index (Phi) is 1.80. The molecule has 2 heterocycles. The van der Waals surface area contributed by atoms with Crippen molar-refractivity contribution in [2.24, 2.45) is 0 Å². The Labute approximate surface area is 82.4 Å². The van der Waals surface area contributed by atoms with Crippen molar-refractivity contribution in [3.8, 4) is 0 Å². The monoisotopic (exact) mass is 198 g/mol. The molecule has 6 heteroatoms. The number of nitrogens with one attached hydrogen (secondary N) is 1. The molecular formula is C8H14N4O2. The van der Waals surface area contributed by atoms with Crippen molar-refractivity contribution in [3.05, 3.63) is 0 Å². The summed E-state index contributed by atoms with van der Waals surface area (Å²) in [6.45, 7) is 0.586. The Morgan fingerprint density at radius 1 is 1.21 bits per heavy atom. The molecule has 0 bridgehead atoms. The first-order valence-corrected chi connectivity index (χ1v) is 4.53. The molecule has 2 aliphatic rings. The van der Waals surface area contributed by atoms with Gasteiger partial charge >= 0.3 is 12.1 Å². The van der Waals surface area contributed by atoms with Gasteiger partial charge in [0.1, 0.15) is 6.17 Å². The highest BCUT2D eigenvalue weighted by Gasteiger charge is 2.46. The van der Waals surface area contributed by atoms with Crippen LogP contribution in [0.3, 0.4) is 0 Å². The number of rotatable bonds is 0. The number of carbonyl (C=O) groups is 2. The van der Waals surface area contributed by atoms with Gasteiger partial charge in [0.2, 0.25) is 0 Å². The van der Waals surface area contributed by atoms with Crippen molar-refractivity contribution >= 4 is 12.1 Å². The van der Waals surface area contributed by atoms with E-state index in [0.717, 1.165) is 0 Å². The van der Waals surface area contributed by atoms with E-state index in [1.54, 1.807) is 35.8 Å². The SMILES string of the molecule is CN1CC2C(NC1=O)N(C)C(=O)N2C. The molecular weight excluding hydrogens is 184 g/mol. The second-order valence-electron chi connectivity index (χ2n) is 3.85. The van der Waals surface area contributed by atoms with Crippen LogP contribution < -0.4 is 5.32 Å². The summed E-state index contributed by atoms with van der Waals surface area (Å²) in [6, 6.07) is -0.119. The van der Waals surface area contributed by atoms with E-state index in [1.807, 2.05) is 0 Å². The van der Waals surface area contributed by atoms with Crippen LogP contribution >= 0.6 is 0 Å². The van der Waals surface area contributed by atoms with Crippen molar-refractivity contribution in [1.29, 1.82) is 0 Å². The Morgan fingerprint density at radius 3 is 2.50 bits per heavy atom. The van der Waals surface area contributed by atoms with Crippen LogP contribution in [0.15, 0.2) is 0 Å². The van der Waals surface area contributed by atoms with Crippen LogP contribution in [0.1, 0.15) is 0 Å². The predicted molar refractivity (Wildman–Crippen MR) is 49.7 cm³/mol. The number of likely N-dealkylation sites (N-methyl/N-ethyl adjacent to an activating group) is 3. The molecule has 0 aromatic heterocycles. The van der Waals surface area contributed by atoms with E-state index in [1.165, 1.54) is 0 Å². The zero-order valence-corrected chi connectivity index (χ0v) is 8.52. The molecule has 4 amide bonds. The van der Waals surface area contributed by atoms with Crippen LogP contribution in [0.2, 0.25) is 0 Å². The third kappa shape index (κ3) is 1.03. The summed E-state index contributed by atoms with van der Waals surface area (Å²) in [7, 11) is 5.19. The summed E-state index contributed by atoms with van der Waals surface area (Å²) in [6.07, 6.45) is -0.184. The number of urea groups is 2. The Morgan fingerprint density at radius 2 is 1.86 bits per heavy atom. The maximum absolute atomic E-state index is 11.6. The van der Waals surface area contributed by atoms with Gasteiger partial charge in [-0.3, -0.25) is 0 Å². The zero-order chi connectivity index (χ0) is 10.5. The lowest BCUT2D eigenvalue weighted by Gasteiger charge is -2.35. The summed E-state index contributed by atoms with van der Waals surface area (Å²) in [5.74, 6) is 0. The number of carbonyl (C=O) groups excluding carboxylic acids is 2. The molecule has 6 nitrogen and oxygen atoms in total. The van der Waals surface area contributed by atoms with Gasteiger partial charge in [-0.25, -0.2) is 9.59 Å². The van der Waals surface area contributed by atoms with Crippen molar-refractivity contribution in [2.45, 2.75) is 12.2 Å². The van der Waals surface area contributed by atoms with E-state index in [2.05, 4.69) is 5.32 Å². The largest absolute Gasteiger partial charge is 0.326 e. The molecule has 0 spiro atoms. The third-order valence-electron chi connectivity index (χ3n) is 2.96. The fourth-order valence-corrected chi connectivity index (χ4v) is 2.00. The number of nitrogens with zero attached hydrogens (tertiary/aromatic N) is 3.